The Balaban J connectivity index is 1.78. The van der Waals surface area contributed by atoms with Crippen molar-refractivity contribution in [3.05, 3.63) is 77.1 Å². The Labute approximate surface area is 127 Å². The second-order valence-corrected chi connectivity index (χ2v) is 5.70. The molecule has 0 aliphatic heterocycles. The fourth-order valence-electron chi connectivity index (χ4n) is 2.20. The van der Waals surface area contributed by atoms with Crippen LogP contribution in [0.15, 0.2) is 60.0 Å². The van der Waals surface area contributed by atoms with Gasteiger partial charge in [0.05, 0.1) is 5.69 Å². The molecule has 2 aromatic carbocycles. The molecular formula is C17H15FN2S. The summed E-state index contributed by atoms with van der Waals surface area (Å²) in [5, 5.41) is 2.65. The molecule has 0 saturated carbocycles. The highest BCUT2D eigenvalue weighted by Crippen LogP contribution is 2.27. The van der Waals surface area contributed by atoms with Gasteiger partial charge in [0.25, 0.3) is 0 Å². The van der Waals surface area contributed by atoms with Crippen molar-refractivity contribution >= 4 is 11.3 Å². The predicted octanol–water partition coefficient (Wildman–Crippen LogP) is 4.19. The molecule has 0 radical (unpaired) electrons. The predicted molar refractivity (Wildman–Crippen MR) is 84.6 cm³/mol. The molecule has 2 N–H and O–H groups in total. The summed E-state index contributed by atoms with van der Waals surface area (Å²) < 4.78 is 13.8. The Morgan fingerprint density at radius 1 is 1.05 bits per heavy atom. The van der Waals surface area contributed by atoms with Crippen molar-refractivity contribution < 1.29 is 4.39 Å². The molecule has 1 heterocycles. The fraction of sp³-hybridized carbons (Fsp3) is 0.118. The van der Waals surface area contributed by atoms with E-state index in [4.69, 9.17) is 5.73 Å². The van der Waals surface area contributed by atoms with Crippen LogP contribution in [-0.2, 0) is 6.42 Å². The number of hydrogen-bond acceptors (Lipinski definition) is 3. The van der Waals surface area contributed by atoms with Crippen LogP contribution in [0.5, 0.6) is 0 Å². The molecule has 0 amide bonds. The van der Waals surface area contributed by atoms with Crippen LogP contribution in [0, 0.1) is 5.82 Å². The Morgan fingerprint density at radius 2 is 1.76 bits per heavy atom. The first-order chi connectivity index (χ1) is 10.2. The van der Waals surface area contributed by atoms with E-state index >= 15 is 0 Å². The second-order valence-electron chi connectivity index (χ2n) is 4.85. The summed E-state index contributed by atoms with van der Waals surface area (Å²) >= 11 is 1.45. The maximum atomic E-state index is 13.8. The van der Waals surface area contributed by atoms with Gasteiger partial charge in [0.15, 0.2) is 0 Å². The molecule has 1 aromatic heterocycles. The van der Waals surface area contributed by atoms with Gasteiger partial charge in [-0.05, 0) is 17.7 Å². The van der Waals surface area contributed by atoms with Gasteiger partial charge in [-0.1, -0.05) is 42.5 Å². The zero-order chi connectivity index (χ0) is 14.7. The van der Waals surface area contributed by atoms with Crippen LogP contribution in [0.4, 0.5) is 4.39 Å². The van der Waals surface area contributed by atoms with Gasteiger partial charge in [0, 0.05) is 23.4 Å². The van der Waals surface area contributed by atoms with E-state index in [2.05, 4.69) is 4.98 Å². The van der Waals surface area contributed by atoms with Crippen LogP contribution in [0.2, 0.25) is 0 Å². The molecule has 0 saturated heterocycles. The van der Waals surface area contributed by atoms with Crippen molar-refractivity contribution in [2.24, 2.45) is 5.73 Å². The third-order valence-corrected chi connectivity index (χ3v) is 4.24. The lowest BCUT2D eigenvalue weighted by atomic mass is 10.0. The fourth-order valence-corrected chi connectivity index (χ4v) is 3.06. The highest BCUT2D eigenvalue weighted by Gasteiger charge is 2.12. The van der Waals surface area contributed by atoms with Crippen molar-refractivity contribution in [2.75, 3.05) is 0 Å². The SMILES string of the molecule is NC(Cc1csc(-c2ccccc2F)n1)c1ccccc1. The van der Waals surface area contributed by atoms with E-state index in [0.717, 1.165) is 11.3 Å². The molecule has 3 rings (SSSR count). The van der Waals surface area contributed by atoms with Crippen molar-refractivity contribution in [3.63, 3.8) is 0 Å². The first kappa shape index (κ1) is 13.9. The normalized spacial score (nSPS) is 12.3. The molecular weight excluding hydrogens is 283 g/mol. The highest BCUT2D eigenvalue weighted by molar-refractivity contribution is 7.13. The quantitative estimate of drug-likeness (QED) is 0.784. The molecule has 3 aromatic rings. The lowest BCUT2D eigenvalue weighted by Crippen LogP contribution is -2.13. The lowest BCUT2D eigenvalue weighted by Gasteiger charge is -2.09. The molecule has 4 heteroatoms. The van der Waals surface area contributed by atoms with E-state index in [1.807, 2.05) is 41.8 Å². The van der Waals surface area contributed by atoms with Gasteiger partial charge in [-0.15, -0.1) is 11.3 Å². The summed E-state index contributed by atoms with van der Waals surface area (Å²) in [6, 6.07) is 16.5. The number of nitrogens with two attached hydrogens (primary N) is 1. The van der Waals surface area contributed by atoms with Gasteiger partial charge >= 0.3 is 0 Å². The van der Waals surface area contributed by atoms with Crippen LogP contribution < -0.4 is 5.73 Å². The minimum absolute atomic E-state index is 0.0956. The van der Waals surface area contributed by atoms with Crippen molar-refractivity contribution in [1.82, 2.24) is 4.98 Å². The summed E-state index contributed by atoms with van der Waals surface area (Å²) in [6.45, 7) is 0. The first-order valence-corrected chi connectivity index (χ1v) is 7.62. The zero-order valence-corrected chi connectivity index (χ0v) is 12.2. The van der Waals surface area contributed by atoms with Crippen LogP contribution in [0.3, 0.4) is 0 Å². The molecule has 106 valence electrons. The standard InChI is InChI=1S/C17H15FN2S/c18-15-9-5-4-8-14(15)17-20-13(11-21-17)10-16(19)12-6-2-1-3-7-12/h1-9,11,16H,10,19H2. The lowest BCUT2D eigenvalue weighted by molar-refractivity contribution is 0.631. The van der Waals surface area contributed by atoms with Gasteiger partial charge in [-0.3, -0.25) is 0 Å². The van der Waals surface area contributed by atoms with Crippen molar-refractivity contribution in [3.8, 4) is 10.6 Å². The number of aromatic nitrogens is 1. The van der Waals surface area contributed by atoms with Gasteiger partial charge in [-0.25, -0.2) is 9.37 Å². The average molecular weight is 298 g/mol. The van der Waals surface area contributed by atoms with Crippen LogP contribution in [-0.4, -0.2) is 4.98 Å². The third-order valence-electron chi connectivity index (χ3n) is 3.31. The van der Waals surface area contributed by atoms with E-state index in [1.165, 1.54) is 17.4 Å². The van der Waals surface area contributed by atoms with Crippen molar-refractivity contribution in [1.29, 1.82) is 0 Å². The van der Waals surface area contributed by atoms with E-state index in [-0.39, 0.29) is 11.9 Å². The molecule has 0 spiro atoms. The molecule has 0 aliphatic rings. The Kier molecular flexibility index (Phi) is 4.08. The smallest absolute Gasteiger partial charge is 0.133 e. The number of halogens is 1. The average Bonchev–Trinajstić information content (AvgIpc) is 2.97. The van der Waals surface area contributed by atoms with Gasteiger partial charge < -0.3 is 5.73 Å². The number of thiazole rings is 1. The maximum absolute atomic E-state index is 13.8. The summed E-state index contributed by atoms with van der Waals surface area (Å²) in [6.07, 6.45) is 0.648. The molecule has 0 aliphatic carbocycles. The number of rotatable bonds is 4. The topological polar surface area (TPSA) is 38.9 Å². The van der Waals surface area contributed by atoms with Crippen LogP contribution in [0.1, 0.15) is 17.3 Å². The van der Waals surface area contributed by atoms with Crippen LogP contribution >= 0.6 is 11.3 Å². The Bertz CT molecular complexity index is 724. The van der Waals surface area contributed by atoms with Crippen molar-refractivity contribution in [2.45, 2.75) is 12.5 Å². The summed E-state index contributed by atoms with van der Waals surface area (Å²) in [5.41, 5.74) is 8.72. The Morgan fingerprint density at radius 3 is 2.52 bits per heavy atom. The maximum Gasteiger partial charge on any atom is 0.133 e. The molecule has 1 unspecified atom stereocenters. The highest BCUT2D eigenvalue weighted by atomic mass is 32.1. The number of hydrogen-bond donors (Lipinski definition) is 1. The Hall–Kier alpha value is -2.04. The number of benzene rings is 2. The van der Waals surface area contributed by atoms with Gasteiger partial charge in [0.2, 0.25) is 0 Å². The summed E-state index contributed by atoms with van der Waals surface area (Å²) in [7, 11) is 0. The van der Waals surface area contributed by atoms with Gasteiger partial charge in [0.1, 0.15) is 10.8 Å². The van der Waals surface area contributed by atoms with E-state index in [1.54, 1.807) is 12.1 Å². The van der Waals surface area contributed by atoms with E-state index < -0.39 is 0 Å². The summed E-state index contributed by atoms with van der Waals surface area (Å²) in [4.78, 5) is 4.51. The molecule has 1 atom stereocenters. The molecule has 21 heavy (non-hydrogen) atoms. The molecule has 0 bridgehead atoms. The van der Waals surface area contributed by atoms with E-state index in [0.29, 0.717) is 17.0 Å². The van der Waals surface area contributed by atoms with Crippen LogP contribution in [0.25, 0.3) is 10.6 Å². The minimum Gasteiger partial charge on any atom is -0.324 e. The zero-order valence-electron chi connectivity index (χ0n) is 11.4. The summed E-state index contributed by atoms with van der Waals surface area (Å²) in [5.74, 6) is -0.245. The second kappa shape index (κ2) is 6.16. The monoisotopic (exact) mass is 298 g/mol. The largest absolute Gasteiger partial charge is 0.324 e. The van der Waals surface area contributed by atoms with Gasteiger partial charge in [-0.2, -0.15) is 0 Å². The molecule has 2 nitrogen and oxygen atoms in total. The third kappa shape index (κ3) is 3.17. The first-order valence-electron chi connectivity index (χ1n) is 6.74. The minimum atomic E-state index is -0.245. The number of nitrogens with zero attached hydrogens (tertiary/aromatic N) is 1. The molecule has 0 fully saturated rings. The van der Waals surface area contributed by atoms with E-state index in [9.17, 15) is 4.39 Å².